The van der Waals surface area contributed by atoms with E-state index in [1.807, 2.05) is 0 Å². The molecule has 41 heavy (non-hydrogen) atoms. The normalized spacial score (nSPS) is 16.7. The zero-order chi connectivity index (χ0) is 30.1. The third kappa shape index (κ3) is 6.52. The lowest BCUT2D eigenvalue weighted by molar-refractivity contribution is -0.160. The van der Waals surface area contributed by atoms with Gasteiger partial charge in [0.25, 0.3) is 0 Å². The Morgan fingerprint density at radius 1 is 1.07 bits per heavy atom. The number of aromatic nitrogens is 1. The Morgan fingerprint density at radius 3 is 2.37 bits per heavy atom. The van der Waals surface area contributed by atoms with Crippen molar-refractivity contribution in [2.24, 2.45) is 0 Å². The number of carboxylic acids is 1. The first-order valence-electron chi connectivity index (χ1n) is 13.1. The molecule has 1 atom stereocenters. The van der Waals surface area contributed by atoms with Gasteiger partial charge in [-0.25, -0.2) is 14.0 Å². The molecule has 0 saturated carbocycles. The number of pyridine rings is 1. The molecule has 1 unspecified atom stereocenters. The lowest BCUT2D eigenvalue weighted by Gasteiger charge is -2.37. The van der Waals surface area contributed by atoms with Gasteiger partial charge in [-0.1, -0.05) is 0 Å². The minimum Gasteiger partial charge on any atom is -0.487 e. The summed E-state index contributed by atoms with van der Waals surface area (Å²) in [4.78, 5) is 63.4. The number of aromatic carboxylic acids is 1. The maximum atomic E-state index is 15.4. The highest BCUT2D eigenvalue weighted by atomic mass is 19.1. The molecule has 1 amide bonds. The third-order valence-corrected chi connectivity index (χ3v) is 6.58. The molecule has 0 bridgehead atoms. The van der Waals surface area contributed by atoms with Gasteiger partial charge < -0.3 is 38.4 Å². The number of esters is 2. The van der Waals surface area contributed by atoms with E-state index in [2.05, 4.69) is 0 Å². The standard InChI is InChI=1S/C27H32FN3O10/c1-15-13-38-24-21-16(23(34)17(25(35)36)12-31(15)21)11-18(28)22(24)29-7-9-30(10-8-29)26(37)40-14-39-19(32)5-6-20(33)41-27(2,3)4/h11-12,15H,5-10,13-14H2,1-4H3,(H,35,36). The molecule has 2 aliphatic rings. The number of amides is 1. The van der Waals surface area contributed by atoms with Crippen molar-refractivity contribution >= 4 is 40.6 Å². The quantitative estimate of drug-likeness (QED) is 0.382. The van der Waals surface area contributed by atoms with Crippen LogP contribution in [0.2, 0.25) is 0 Å². The highest BCUT2D eigenvalue weighted by Crippen LogP contribution is 2.42. The zero-order valence-corrected chi connectivity index (χ0v) is 23.2. The van der Waals surface area contributed by atoms with E-state index < -0.39 is 53.2 Å². The Labute approximate surface area is 234 Å². The van der Waals surface area contributed by atoms with Gasteiger partial charge in [-0.15, -0.1) is 0 Å². The van der Waals surface area contributed by atoms with Crippen LogP contribution in [-0.2, 0) is 23.8 Å². The van der Waals surface area contributed by atoms with Crippen molar-refractivity contribution < 1.29 is 47.6 Å². The number of piperazine rings is 1. The van der Waals surface area contributed by atoms with Crippen LogP contribution < -0.4 is 15.1 Å². The predicted octanol–water partition coefficient (Wildman–Crippen LogP) is 2.67. The van der Waals surface area contributed by atoms with Gasteiger partial charge in [0.2, 0.25) is 12.2 Å². The summed E-state index contributed by atoms with van der Waals surface area (Å²) < 4.78 is 37.9. The minimum atomic E-state index is -1.40. The average Bonchev–Trinajstić information content (AvgIpc) is 2.89. The summed E-state index contributed by atoms with van der Waals surface area (Å²) in [6.07, 6.45) is 0.129. The summed E-state index contributed by atoms with van der Waals surface area (Å²) in [5.41, 5.74) is -1.49. The molecule has 2 aliphatic heterocycles. The molecule has 1 aromatic heterocycles. The largest absolute Gasteiger partial charge is 0.487 e. The van der Waals surface area contributed by atoms with Crippen molar-refractivity contribution in [1.82, 2.24) is 9.47 Å². The first kappa shape index (κ1) is 29.6. The Morgan fingerprint density at radius 2 is 1.73 bits per heavy atom. The second-order valence-electron chi connectivity index (χ2n) is 10.8. The molecule has 3 heterocycles. The maximum absolute atomic E-state index is 15.4. The predicted molar refractivity (Wildman–Crippen MR) is 142 cm³/mol. The van der Waals surface area contributed by atoms with Gasteiger partial charge in [-0.05, 0) is 33.8 Å². The SMILES string of the molecule is CC1COc2c(N3CCN(C(=O)OCOC(=O)CCC(=O)OC(C)(C)C)CC3)c(F)cc3c(=O)c(C(=O)O)cn1c23. The summed E-state index contributed by atoms with van der Waals surface area (Å²) in [6, 6.07) is 0.735. The van der Waals surface area contributed by atoms with Gasteiger partial charge in [-0.2, -0.15) is 0 Å². The monoisotopic (exact) mass is 577 g/mol. The Hall–Kier alpha value is -4.36. The molecule has 14 heteroatoms. The molecule has 1 saturated heterocycles. The number of rotatable bonds is 7. The van der Waals surface area contributed by atoms with Gasteiger partial charge in [-0.3, -0.25) is 14.4 Å². The van der Waals surface area contributed by atoms with E-state index in [9.17, 15) is 29.1 Å². The smallest absolute Gasteiger partial charge is 0.412 e. The van der Waals surface area contributed by atoms with E-state index in [4.69, 9.17) is 18.9 Å². The lowest BCUT2D eigenvalue weighted by atomic mass is 10.1. The third-order valence-electron chi connectivity index (χ3n) is 6.58. The Kier molecular flexibility index (Phi) is 8.40. The fourth-order valence-corrected chi connectivity index (χ4v) is 4.68. The number of carbonyl (C=O) groups excluding carboxylic acids is 3. The topological polar surface area (TPSA) is 154 Å². The number of hydrogen-bond donors (Lipinski definition) is 1. The van der Waals surface area contributed by atoms with Crippen LogP contribution in [0.5, 0.6) is 5.75 Å². The van der Waals surface area contributed by atoms with Crippen LogP contribution in [0.25, 0.3) is 10.9 Å². The molecule has 4 rings (SSSR count). The molecule has 0 aliphatic carbocycles. The van der Waals surface area contributed by atoms with E-state index in [0.717, 1.165) is 6.07 Å². The van der Waals surface area contributed by atoms with Gasteiger partial charge in [0.05, 0.1) is 29.8 Å². The fraction of sp³-hybridized carbons (Fsp3) is 0.519. The van der Waals surface area contributed by atoms with Crippen LogP contribution in [0, 0.1) is 5.82 Å². The van der Waals surface area contributed by atoms with Crippen molar-refractivity contribution in [1.29, 1.82) is 0 Å². The molecule has 0 spiro atoms. The van der Waals surface area contributed by atoms with Crippen LogP contribution in [0.15, 0.2) is 17.1 Å². The van der Waals surface area contributed by atoms with Gasteiger partial charge in [0.15, 0.2) is 11.6 Å². The number of carboxylic acid groups (broad SMARTS) is 1. The molecule has 1 fully saturated rings. The zero-order valence-electron chi connectivity index (χ0n) is 23.2. The summed E-state index contributed by atoms with van der Waals surface area (Å²) >= 11 is 0. The van der Waals surface area contributed by atoms with Crippen molar-refractivity contribution in [2.45, 2.75) is 52.2 Å². The van der Waals surface area contributed by atoms with Crippen molar-refractivity contribution in [3.05, 3.63) is 33.9 Å². The fourth-order valence-electron chi connectivity index (χ4n) is 4.68. The summed E-state index contributed by atoms with van der Waals surface area (Å²) in [7, 11) is 0. The molecule has 13 nitrogen and oxygen atoms in total. The van der Waals surface area contributed by atoms with Crippen LogP contribution in [0.3, 0.4) is 0 Å². The number of ether oxygens (including phenoxy) is 4. The Balaban J connectivity index is 1.37. The van der Waals surface area contributed by atoms with E-state index in [0.29, 0.717) is 5.52 Å². The summed E-state index contributed by atoms with van der Waals surface area (Å²) in [5.74, 6) is -3.28. The molecule has 222 valence electrons. The minimum absolute atomic E-state index is 0.0874. The van der Waals surface area contributed by atoms with Crippen LogP contribution in [0.1, 0.15) is 56.9 Å². The van der Waals surface area contributed by atoms with Crippen molar-refractivity contribution in [3.8, 4) is 5.75 Å². The number of nitrogens with zero attached hydrogens (tertiary/aromatic N) is 3. The van der Waals surface area contributed by atoms with Gasteiger partial charge in [0.1, 0.15) is 23.5 Å². The van der Waals surface area contributed by atoms with E-state index in [1.54, 1.807) is 37.2 Å². The van der Waals surface area contributed by atoms with E-state index in [-0.39, 0.29) is 68.5 Å². The number of carbonyl (C=O) groups is 4. The second kappa shape index (κ2) is 11.6. The first-order chi connectivity index (χ1) is 19.3. The van der Waals surface area contributed by atoms with E-state index in [1.165, 1.54) is 11.1 Å². The summed E-state index contributed by atoms with van der Waals surface area (Å²) in [6.45, 7) is 7.16. The molecule has 1 aromatic carbocycles. The van der Waals surface area contributed by atoms with Gasteiger partial charge in [0, 0.05) is 32.4 Å². The van der Waals surface area contributed by atoms with Gasteiger partial charge >= 0.3 is 24.0 Å². The highest BCUT2D eigenvalue weighted by Gasteiger charge is 2.32. The molecular formula is C27H32FN3O10. The Bertz CT molecular complexity index is 1440. The van der Waals surface area contributed by atoms with Crippen molar-refractivity contribution in [3.63, 3.8) is 0 Å². The maximum Gasteiger partial charge on any atom is 0.412 e. The van der Waals surface area contributed by atoms with Crippen LogP contribution in [0.4, 0.5) is 14.9 Å². The first-order valence-corrected chi connectivity index (χ1v) is 13.1. The molecular weight excluding hydrogens is 545 g/mol. The number of hydrogen-bond acceptors (Lipinski definition) is 10. The molecule has 2 aromatic rings. The number of anilines is 1. The van der Waals surface area contributed by atoms with E-state index >= 15 is 4.39 Å². The van der Waals surface area contributed by atoms with Crippen LogP contribution >= 0.6 is 0 Å². The summed E-state index contributed by atoms with van der Waals surface area (Å²) in [5, 5.41) is 9.36. The second-order valence-corrected chi connectivity index (χ2v) is 10.8. The highest BCUT2D eigenvalue weighted by molar-refractivity contribution is 5.97. The van der Waals surface area contributed by atoms with Crippen molar-refractivity contribution in [2.75, 3.05) is 44.5 Å². The number of halogens is 1. The average molecular weight is 578 g/mol. The number of benzene rings is 1. The molecule has 0 radical (unpaired) electrons. The lowest BCUT2D eigenvalue weighted by Crippen LogP contribution is -2.49. The molecule has 1 N–H and O–H groups in total. The van der Waals surface area contributed by atoms with Crippen LogP contribution in [-0.4, -0.2) is 83.8 Å².